The molecule has 12 heteroatoms. The molecule has 3 atom stereocenters. The second-order valence-electron chi connectivity index (χ2n) is 7.67. The van der Waals surface area contributed by atoms with Crippen molar-refractivity contribution in [3.05, 3.63) is 71.3 Å². The topological polar surface area (TPSA) is 172 Å². The Bertz CT molecular complexity index is 850. The molecular weight excluding hydrogens is 672 g/mol. The van der Waals surface area contributed by atoms with E-state index in [4.69, 9.17) is 34.6 Å². The predicted molar refractivity (Wildman–Crippen MR) is 134 cm³/mol. The van der Waals surface area contributed by atoms with E-state index in [1.54, 1.807) is 42.5 Å². The molecule has 2 aromatic carbocycles. The first kappa shape index (κ1) is 37.9. The monoisotopic (exact) mass is 710 g/mol. The van der Waals surface area contributed by atoms with Crippen molar-refractivity contribution >= 4 is 11.9 Å². The Morgan fingerprint density at radius 2 is 1.05 bits per heavy atom. The van der Waals surface area contributed by atoms with Crippen LogP contribution in [0.5, 0.6) is 0 Å². The number of esters is 2. The minimum absolute atomic E-state index is 0. The minimum atomic E-state index is -1.01. The third-order valence-corrected chi connectivity index (χ3v) is 4.25. The average molecular weight is 710 g/mol. The van der Waals surface area contributed by atoms with E-state index >= 15 is 0 Å². The Balaban J connectivity index is 0. The van der Waals surface area contributed by atoms with Crippen molar-refractivity contribution in [3.8, 4) is 0 Å². The number of aryl methyl sites for hydroxylation is 1. The van der Waals surface area contributed by atoms with Crippen LogP contribution in [0.3, 0.4) is 0 Å². The molecule has 2 aromatic rings. The van der Waals surface area contributed by atoms with Gasteiger partial charge in [0, 0.05) is 35.3 Å². The molecule has 11 nitrogen and oxygen atoms in total. The molecule has 0 aliphatic heterocycles. The van der Waals surface area contributed by atoms with Crippen LogP contribution >= 0.6 is 0 Å². The zero-order valence-electron chi connectivity index (χ0n) is 21.8. The average Bonchev–Trinajstić information content (AvgIpc) is 2.92. The number of hydrogen-bond acceptors (Lipinski definition) is 11. The van der Waals surface area contributed by atoms with Gasteiger partial charge in [-0.2, -0.15) is 0 Å². The van der Waals surface area contributed by atoms with Crippen LogP contribution in [0, 0.1) is 6.92 Å². The van der Waals surface area contributed by atoms with Gasteiger partial charge in [0.1, 0.15) is 31.5 Å². The van der Waals surface area contributed by atoms with Gasteiger partial charge >= 0.3 is 11.9 Å². The largest absolute Gasteiger partial charge is 0.459 e. The molecule has 0 saturated carbocycles. The molecule has 214 valence electrons. The SMILES string of the molecule is COCC(O)CO.COCC(O)COC(=O)c1ccc(C)cc1.O=C(OCC(O)CO)c1ccccc1.[W]. The summed E-state index contributed by atoms with van der Waals surface area (Å²) >= 11 is 0. The Kier molecular flexibility index (Phi) is 23.8. The molecule has 0 spiro atoms. The number of benzene rings is 2. The van der Waals surface area contributed by atoms with Crippen LogP contribution in [0.25, 0.3) is 0 Å². The molecule has 0 amide bonds. The van der Waals surface area contributed by atoms with Gasteiger partial charge in [0.05, 0.1) is 37.6 Å². The number of aliphatic hydroxyl groups excluding tert-OH is 5. The normalized spacial score (nSPS) is 12.2. The van der Waals surface area contributed by atoms with E-state index in [9.17, 15) is 14.7 Å². The van der Waals surface area contributed by atoms with Crippen molar-refractivity contribution in [2.24, 2.45) is 0 Å². The van der Waals surface area contributed by atoms with E-state index in [-0.39, 0.29) is 54.1 Å². The standard InChI is InChI=1S/C12H16O4.C10H12O4.C4H10O3.W/c1-9-3-5-10(6-4-9)12(14)16-8-11(13)7-15-2;11-6-9(12)7-14-10(13)8-4-2-1-3-5-8;1-7-3-4(6)2-5;/h3-6,11,13H,7-8H2,1-2H3;1-5,9,11-12H,6-7H2;4-6H,2-3H2,1H3;. The van der Waals surface area contributed by atoms with Gasteiger partial charge in [0.25, 0.3) is 0 Å². The van der Waals surface area contributed by atoms with Gasteiger partial charge in [-0.05, 0) is 31.2 Å². The summed E-state index contributed by atoms with van der Waals surface area (Å²) in [6.07, 6.45) is -2.51. The molecule has 3 unspecified atom stereocenters. The summed E-state index contributed by atoms with van der Waals surface area (Å²) in [5.41, 5.74) is 1.99. The van der Waals surface area contributed by atoms with Gasteiger partial charge in [-0.25, -0.2) is 9.59 Å². The molecular formula is C26H38O11W. The summed E-state index contributed by atoms with van der Waals surface area (Å²) in [5, 5.41) is 43.3. The van der Waals surface area contributed by atoms with Crippen molar-refractivity contribution in [2.75, 3.05) is 53.9 Å². The number of carbonyl (C=O) groups excluding carboxylic acids is 2. The number of ether oxygens (including phenoxy) is 4. The number of hydrogen-bond donors (Lipinski definition) is 5. The zero-order chi connectivity index (χ0) is 28.1. The third kappa shape index (κ3) is 18.9. The van der Waals surface area contributed by atoms with E-state index in [1.165, 1.54) is 14.2 Å². The predicted octanol–water partition coefficient (Wildman–Crippen LogP) is 0.339. The zero-order valence-corrected chi connectivity index (χ0v) is 24.7. The molecule has 0 heterocycles. The summed E-state index contributed by atoms with van der Waals surface area (Å²) in [6.45, 7) is 1.41. The second kappa shape index (κ2) is 23.9. The maximum Gasteiger partial charge on any atom is 0.338 e. The molecule has 2 rings (SSSR count). The Morgan fingerprint density at radius 3 is 1.47 bits per heavy atom. The number of aliphatic hydroxyl groups is 5. The Morgan fingerprint density at radius 1 is 0.658 bits per heavy atom. The van der Waals surface area contributed by atoms with Gasteiger partial charge in [-0.15, -0.1) is 0 Å². The fourth-order valence-corrected chi connectivity index (χ4v) is 2.31. The van der Waals surface area contributed by atoms with Crippen LogP contribution in [0.4, 0.5) is 0 Å². The molecule has 0 radical (unpaired) electrons. The van der Waals surface area contributed by atoms with Crippen molar-refractivity contribution in [2.45, 2.75) is 25.2 Å². The molecule has 0 aliphatic rings. The first-order chi connectivity index (χ1) is 17.7. The van der Waals surface area contributed by atoms with Gasteiger partial charge < -0.3 is 44.5 Å². The van der Waals surface area contributed by atoms with Crippen molar-refractivity contribution < 1.29 is 75.1 Å². The first-order valence-electron chi connectivity index (χ1n) is 11.4. The van der Waals surface area contributed by atoms with Gasteiger partial charge in [-0.1, -0.05) is 35.9 Å². The summed E-state index contributed by atoms with van der Waals surface area (Å²) in [6, 6.07) is 15.5. The van der Waals surface area contributed by atoms with E-state index < -0.39 is 36.9 Å². The third-order valence-electron chi connectivity index (χ3n) is 4.25. The van der Waals surface area contributed by atoms with Gasteiger partial charge in [0.2, 0.25) is 0 Å². The Hall–Kier alpha value is -2.21. The summed E-state index contributed by atoms with van der Waals surface area (Å²) in [4.78, 5) is 22.7. The van der Waals surface area contributed by atoms with E-state index in [1.807, 2.05) is 19.1 Å². The summed E-state index contributed by atoms with van der Waals surface area (Å²) in [7, 11) is 2.95. The molecule has 0 aliphatic carbocycles. The molecule has 38 heavy (non-hydrogen) atoms. The van der Waals surface area contributed by atoms with Gasteiger partial charge in [0.15, 0.2) is 0 Å². The molecule has 5 N–H and O–H groups in total. The Labute approximate surface area is 237 Å². The summed E-state index contributed by atoms with van der Waals surface area (Å²) in [5.74, 6) is -0.937. The first-order valence-corrected chi connectivity index (χ1v) is 11.4. The van der Waals surface area contributed by atoms with Crippen LogP contribution < -0.4 is 0 Å². The van der Waals surface area contributed by atoms with Gasteiger partial charge in [-0.3, -0.25) is 0 Å². The second-order valence-corrected chi connectivity index (χ2v) is 7.67. The molecule has 0 saturated heterocycles. The molecule has 0 fully saturated rings. The van der Waals surface area contributed by atoms with Crippen molar-refractivity contribution in [1.29, 1.82) is 0 Å². The van der Waals surface area contributed by atoms with Crippen LogP contribution in [0.1, 0.15) is 26.3 Å². The fraction of sp³-hybridized carbons (Fsp3) is 0.462. The van der Waals surface area contributed by atoms with Crippen LogP contribution in [-0.2, 0) is 40.0 Å². The van der Waals surface area contributed by atoms with E-state index in [0.717, 1.165) is 5.56 Å². The fourth-order valence-electron chi connectivity index (χ4n) is 2.31. The quantitative estimate of drug-likeness (QED) is 0.193. The van der Waals surface area contributed by atoms with E-state index in [2.05, 4.69) is 4.74 Å². The maximum atomic E-state index is 11.5. The smallest absolute Gasteiger partial charge is 0.338 e. The van der Waals surface area contributed by atoms with Crippen LogP contribution in [0.15, 0.2) is 54.6 Å². The number of carbonyl (C=O) groups is 2. The van der Waals surface area contributed by atoms with E-state index in [0.29, 0.717) is 11.1 Å². The summed E-state index contributed by atoms with van der Waals surface area (Å²) < 4.78 is 18.8. The molecule has 0 aromatic heterocycles. The van der Waals surface area contributed by atoms with Crippen molar-refractivity contribution in [1.82, 2.24) is 0 Å². The number of methoxy groups -OCH3 is 2. The number of rotatable bonds is 12. The van der Waals surface area contributed by atoms with Crippen molar-refractivity contribution in [3.63, 3.8) is 0 Å². The minimum Gasteiger partial charge on any atom is -0.459 e. The molecule has 0 bridgehead atoms. The maximum absolute atomic E-state index is 11.5. The van der Waals surface area contributed by atoms with Crippen LogP contribution in [0.2, 0.25) is 0 Å². The van der Waals surface area contributed by atoms with Crippen LogP contribution in [-0.4, -0.2) is 110 Å².